The molecule has 2 aliphatic rings. The molecular weight excluding hydrogens is 461 g/mol. The molecule has 9 heteroatoms. The number of fused-ring (bicyclic) bond motifs is 2. The zero-order chi connectivity index (χ0) is 23.6. The van der Waals surface area contributed by atoms with Gasteiger partial charge in [-0.3, -0.25) is 14.9 Å². The molecule has 0 saturated carbocycles. The zero-order valence-corrected chi connectivity index (χ0v) is 19.1. The molecule has 2 aromatic rings. The van der Waals surface area contributed by atoms with Crippen LogP contribution in [0.2, 0.25) is 10.0 Å². The fourth-order valence-corrected chi connectivity index (χ4v) is 5.60. The van der Waals surface area contributed by atoms with Gasteiger partial charge in [-0.15, -0.1) is 0 Å². The highest BCUT2D eigenvalue weighted by Crippen LogP contribution is 2.57. The lowest BCUT2D eigenvalue weighted by atomic mass is 9.62. The van der Waals surface area contributed by atoms with Crippen molar-refractivity contribution in [2.24, 2.45) is 5.41 Å². The Kier molecular flexibility index (Phi) is 5.51. The molecule has 2 aromatic carbocycles. The number of halogens is 4. The van der Waals surface area contributed by atoms with Crippen LogP contribution in [0.4, 0.5) is 14.5 Å². The number of nitrogens with one attached hydrogen (secondary N) is 2. The molecule has 4 rings (SSSR count). The molecule has 2 heterocycles. The summed E-state index contributed by atoms with van der Waals surface area (Å²) in [4.78, 5) is 26.0. The van der Waals surface area contributed by atoms with Gasteiger partial charge in [0.15, 0.2) is 0 Å². The number of rotatable bonds is 3. The largest absolute Gasteiger partial charge is 0.480 e. The van der Waals surface area contributed by atoms with E-state index in [1.165, 1.54) is 24.3 Å². The molecule has 1 amide bonds. The van der Waals surface area contributed by atoms with Gasteiger partial charge in [0, 0.05) is 28.2 Å². The minimum atomic E-state index is -1.73. The molecule has 0 aliphatic carbocycles. The molecule has 0 aromatic heterocycles. The van der Waals surface area contributed by atoms with Crippen molar-refractivity contribution in [2.75, 3.05) is 5.32 Å². The molecule has 170 valence electrons. The third-order valence-electron chi connectivity index (χ3n) is 6.25. The van der Waals surface area contributed by atoms with E-state index in [0.717, 1.165) is 6.07 Å². The molecule has 3 N–H and O–H groups in total. The van der Waals surface area contributed by atoms with E-state index in [4.69, 9.17) is 23.2 Å². The van der Waals surface area contributed by atoms with Gasteiger partial charge in [-0.1, -0.05) is 56.1 Å². The van der Waals surface area contributed by atoms with Crippen LogP contribution < -0.4 is 10.6 Å². The first-order valence-corrected chi connectivity index (χ1v) is 10.9. The van der Waals surface area contributed by atoms with Crippen LogP contribution in [-0.2, 0) is 15.0 Å². The first-order chi connectivity index (χ1) is 14.9. The van der Waals surface area contributed by atoms with Crippen molar-refractivity contribution >= 4 is 40.8 Å². The smallest absolute Gasteiger partial charge is 0.321 e. The molecule has 32 heavy (non-hydrogen) atoms. The molecule has 1 spiro atoms. The van der Waals surface area contributed by atoms with Crippen molar-refractivity contribution in [3.8, 4) is 0 Å². The monoisotopic (exact) mass is 482 g/mol. The van der Waals surface area contributed by atoms with E-state index < -0.39 is 46.9 Å². The predicted molar refractivity (Wildman–Crippen MR) is 118 cm³/mol. The first-order valence-electron chi connectivity index (χ1n) is 10.1. The van der Waals surface area contributed by atoms with Crippen LogP contribution >= 0.6 is 23.2 Å². The van der Waals surface area contributed by atoms with Gasteiger partial charge in [-0.2, -0.15) is 0 Å². The van der Waals surface area contributed by atoms with Gasteiger partial charge in [-0.05, 0) is 35.6 Å². The number of carbonyl (C=O) groups excluding carboxylic acids is 1. The van der Waals surface area contributed by atoms with E-state index >= 15 is 8.78 Å². The van der Waals surface area contributed by atoms with Crippen LogP contribution in [0.5, 0.6) is 0 Å². The Bertz CT molecular complexity index is 1130. The average molecular weight is 483 g/mol. The van der Waals surface area contributed by atoms with Crippen LogP contribution in [-0.4, -0.2) is 29.1 Å². The summed E-state index contributed by atoms with van der Waals surface area (Å²) in [6, 6.07) is 4.54. The lowest BCUT2D eigenvalue weighted by Gasteiger charge is -2.37. The normalized spacial score (nSPS) is 27.0. The Morgan fingerprint density at radius 2 is 1.91 bits per heavy atom. The number of carboxylic acid groups (broad SMARTS) is 1. The van der Waals surface area contributed by atoms with Crippen molar-refractivity contribution in [2.45, 2.75) is 50.6 Å². The van der Waals surface area contributed by atoms with Gasteiger partial charge < -0.3 is 10.4 Å². The fourth-order valence-electron chi connectivity index (χ4n) is 5.22. The topological polar surface area (TPSA) is 78.4 Å². The number of benzene rings is 2. The Morgan fingerprint density at radius 3 is 2.53 bits per heavy atom. The standard InChI is InChI=1S/C23H22Cl2F2N2O3/c1-22(2,3)9-15-23(17-13(26)7-10(24)8-14(17)28-21(23)32)16(19(29-15)20(30)31)11-5-4-6-12(25)18(11)27/h4-8,15-16,19,29H,9H2,1-3H3,(H,28,32)(H,30,31). The van der Waals surface area contributed by atoms with Crippen LogP contribution in [0.1, 0.15) is 44.2 Å². The van der Waals surface area contributed by atoms with E-state index in [2.05, 4.69) is 10.6 Å². The quantitative estimate of drug-likeness (QED) is 0.568. The van der Waals surface area contributed by atoms with Gasteiger partial charge in [0.2, 0.25) is 5.91 Å². The first kappa shape index (κ1) is 23.0. The van der Waals surface area contributed by atoms with E-state index in [1.807, 2.05) is 20.8 Å². The zero-order valence-electron chi connectivity index (χ0n) is 17.6. The van der Waals surface area contributed by atoms with Crippen LogP contribution in [0.25, 0.3) is 0 Å². The van der Waals surface area contributed by atoms with Crippen LogP contribution in [0.3, 0.4) is 0 Å². The Balaban J connectivity index is 2.08. The molecule has 2 aliphatic heterocycles. The summed E-state index contributed by atoms with van der Waals surface area (Å²) in [5, 5.41) is 15.6. The van der Waals surface area contributed by atoms with Crippen molar-refractivity contribution < 1.29 is 23.5 Å². The molecule has 4 atom stereocenters. The summed E-state index contributed by atoms with van der Waals surface area (Å²) < 4.78 is 30.7. The van der Waals surface area contributed by atoms with Crippen molar-refractivity contribution in [1.82, 2.24) is 5.32 Å². The number of hydrogen-bond acceptors (Lipinski definition) is 3. The van der Waals surface area contributed by atoms with E-state index in [0.29, 0.717) is 6.42 Å². The second kappa shape index (κ2) is 7.68. The van der Waals surface area contributed by atoms with Crippen molar-refractivity contribution in [1.29, 1.82) is 0 Å². The van der Waals surface area contributed by atoms with Gasteiger partial charge in [-0.25, -0.2) is 8.78 Å². The van der Waals surface area contributed by atoms with E-state index in [1.54, 1.807) is 0 Å². The second-order valence-electron chi connectivity index (χ2n) is 9.55. The number of carbonyl (C=O) groups is 2. The van der Waals surface area contributed by atoms with Crippen LogP contribution in [0, 0.1) is 17.0 Å². The van der Waals surface area contributed by atoms with Gasteiger partial charge >= 0.3 is 5.97 Å². The van der Waals surface area contributed by atoms with Crippen molar-refractivity contribution in [3.05, 3.63) is 63.1 Å². The van der Waals surface area contributed by atoms with Gasteiger partial charge in [0.25, 0.3) is 0 Å². The fraction of sp³-hybridized carbons (Fsp3) is 0.391. The Hall–Kier alpha value is -2.22. The minimum Gasteiger partial charge on any atom is -0.480 e. The summed E-state index contributed by atoms with van der Waals surface area (Å²) in [6.45, 7) is 5.78. The molecular formula is C23H22Cl2F2N2O3. The third-order valence-corrected chi connectivity index (χ3v) is 6.76. The van der Waals surface area contributed by atoms with E-state index in [9.17, 15) is 14.7 Å². The lowest BCUT2D eigenvalue weighted by molar-refractivity contribution is -0.139. The summed E-state index contributed by atoms with van der Waals surface area (Å²) in [6.07, 6.45) is 0.324. The highest BCUT2D eigenvalue weighted by Gasteiger charge is 2.67. The highest BCUT2D eigenvalue weighted by molar-refractivity contribution is 6.31. The number of anilines is 1. The summed E-state index contributed by atoms with van der Waals surface area (Å²) in [5.41, 5.74) is -2.01. The maximum Gasteiger partial charge on any atom is 0.321 e. The highest BCUT2D eigenvalue weighted by atomic mass is 35.5. The lowest BCUT2D eigenvalue weighted by Crippen LogP contribution is -2.50. The minimum absolute atomic E-state index is 0.0122. The van der Waals surface area contributed by atoms with Crippen molar-refractivity contribution in [3.63, 3.8) is 0 Å². The van der Waals surface area contributed by atoms with Crippen LogP contribution in [0.15, 0.2) is 30.3 Å². The number of amides is 1. The summed E-state index contributed by atoms with van der Waals surface area (Å²) in [7, 11) is 0. The molecule has 5 nitrogen and oxygen atoms in total. The average Bonchev–Trinajstić information content (AvgIpc) is 3.13. The predicted octanol–water partition coefficient (Wildman–Crippen LogP) is 5.11. The molecule has 1 fully saturated rings. The summed E-state index contributed by atoms with van der Waals surface area (Å²) >= 11 is 12.0. The second-order valence-corrected chi connectivity index (χ2v) is 10.4. The van der Waals surface area contributed by atoms with Gasteiger partial charge in [0.05, 0.1) is 5.02 Å². The number of aliphatic carboxylic acids is 1. The SMILES string of the molecule is CC(C)(C)CC1NC(C(=O)O)C(c2cccc(Cl)c2F)C12C(=O)Nc1cc(Cl)cc(F)c12. The molecule has 0 bridgehead atoms. The van der Waals surface area contributed by atoms with Gasteiger partial charge in [0.1, 0.15) is 23.1 Å². The maximum atomic E-state index is 15.5. The third kappa shape index (κ3) is 3.38. The number of carboxylic acids is 1. The Morgan fingerprint density at radius 1 is 1.22 bits per heavy atom. The van der Waals surface area contributed by atoms with E-state index in [-0.39, 0.29) is 32.3 Å². The Labute approximate surface area is 194 Å². The molecule has 0 radical (unpaired) electrons. The number of hydrogen-bond donors (Lipinski definition) is 3. The maximum absolute atomic E-state index is 15.5. The summed E-state index contributed by atoms with van der Waals surface area (Å²) in [5.74, 6) is -4.74. The molecule has 1 saturated heterocycles. The molecule has 4 unspecified atom stereocenters.